The molecule has 0 bridgehead atoms. The molecule has 0 amide bonds. The van der Waals surface area contributed by atoms with E-state index in [1.165, 1.54) is 96.3 Å². The third-order valence-electron chi connectivity index (χ3n) is 11.8. The van der Waals surface area contributed by atoms with E-state index in [9.17, 15) is 14.4 Å². The zero-order chi connectivity index (χ0) is 52.9. The Balaban J connectivity index is 4.60. The third-order valence-corrected chi connectivity index (χ3v) is 11.8. The molecule has 0 saturated carbocycles. The van der Waals surface area contributed by atoms with Crippen molar-refractivity contribution in [3.8, 4) is 0 Å². The molecule has 0 rings (SSSR count). The standard InChI is InChI=1S/C67H106O6/c1-4-7-10-13-16-19-22-25-28-31-33-36-38-41-44-47-50-53-56-59-65(68)71-62-64(73-67(70)61-58-55-52-49-46-43-40-35-30-27-24-21-18-15-12-9-6-3)63-72-66(69)60-57-54-51-48-45-42-39-37-34-32-29-26-23-20-17-14-11-8-5-2/h9,12,16-21,25-30,33,36,40-41,43-44,49-50,52-53,64H,4-8,10-11,13-15,22-24,31-32,34-35,37-39,42,45-48,51,54-63H2,1-3H3/b12-9-,19-16-,20-17-,21-18-,28-25-,29-26-,30-27-,36-33-,43-40-,44-41-,52-49-,53-50-. The summed E-state index contributed by atoms with van der Waals surface area (Å²) in [6.45, 7) is 6.35. The van der Waals surface area contributed by atoms with Crippen LogP contribution in [0.3, 0.4) is 0 Å². The van der Waals surface area contributed by atoms with Crippen LogP contribution in [0.4, 0.5) is 0 Å². The quantitative estimate of drug-likeness (QED) is 0.0261. The molecule has 0 N–H and O–H groups in total. The van der Waals surface area contributed by atoms with E-state index in [-0.39, 0.29) is 38.0 Å². The summed E-state index contributed by atoms with van der Waals surface area (Å²) in [4.78, 5) is 38.2. The van der Waals surface area contributed by atoms with Crippen molar-refractivity contribution < 1.29 is 28.6 Å². The third kappa shape index (κ3) is 58.1. The largest absolute Gasteiger partial charge is 0.462 e. The first-order chi connectivity index (χ1) is 36.0. The van der Waals surface area contributed by atoms with E-state index in [1.807, 2.05) is 12.2 Å². The lowest BCUT2D eigenvalue weighted by Crippen LogP contribution is -2.30. The molecule has 0 aliphatic rings. The van der Waals surface area contributed by atoms with Crippen LogP contribution in [0.25, 0.3) is 0 Å². The Morgan fingerprint density at radius 3 is 0.959 bits per heavy atom. The topological polar surface area (TPSA) is 78.9 Å². The SMILES string of the molecule is CC/C=C\C/C=C\C/C=C\C/C=C\C/C=C\CCCC(=O)OC(COC(=O)CC/C=C\C/C=C\C/C=C\C/C=C\C/C=C\CCCCC)COC(=O)CCCCCCCCCCC/C=C\C/C=C\CCCCC. The summed E-state index contributed by atoms with van der Waals surface area (Å²) in [6.07, 6.45) is 85.7. The number of unbranched alkanes of at least 4 members (excludes halogenated alkanes) is 16. The fourth-order valence-electron chi connectivity index (χ4n) is 7.43. The fourth-order valence-corrected chi connectivity index (χ4v) is 7.43. The minimum Gasteiger partial charge on any atom is -0.462 e. The molecule has 0 aromatic rings. The molecular formula is C67H106O6. The van der Waals surface area contributed by atoms with Gasteiger partial charge in [-0.15, -0.1) is 0 Å². The van der Waals surface area contributed by atoms with Crippen LogP contribution in [-0.2, 0) is 28.6 Å². The number of carbonyl (C=O) groups is 3. The molecule has 6 heteroatoms. The zero-order valence-corrected chi connectivity index (χ0v) is 46.8. The maximum Gasteiger partial charge on any atom is 0.306 e. The van der Waals surface area contributed by atoms with Crippen LogP contribution in [0, 0.1) is 0 Å². The first-order valence-electron chi connectivity index (χ1n) is 29.3. The smallest absolute Gasteiger partial charge is 0.306 e. The Morgan fingerprint density at radius 2 is 0.575 bits per heavy atom. The number of hydrogen-bond acceptors (Lipinski definition) is 6. The minimum atomic E-state index is -0.847. The van der Waals surface area contributed by atoms with Crippen molar-refractivity contribution in [1.29, 1.82) is 0 Å². The number of rotatable bonds is 51. The van der Waals surface area contributed by atoms with Crippen molar-refractivity contribution >= 4 is 17.9 Å². The average molecular weight is 1010 g/mol. The van der Waals surface area contributed by atoms with E-state index >= 15 is 0 Å². The van der Waals surface area contributed by atoms with Crippen LogP contribution >= 0.6 is 0 Å². The maximum atomic E-state index is 12.8. The van der Waals surface area contributed by atoms with Gasteiger partial charge in [0.15, 0.2) is 6.10 Å². The molecule has 1 atom stereocenters. The van der Waals surface area contributed by atoms with Gasteiger partial charge in [-0.1, -0.05) is 237 Å². The number of carbonyl (C=O) groups excluding carboxylic acids is 3. The van der Waals surface area contributed by atoms with E-state index < -0.39 is 12.1 Å². The highest BCUT2D eigenvalue weighted by Gasteiger charge is 2.19. The maximum absolute atomic E-state index is 12.8. The Kier molecular flexibility index (Phi) is 56.0. The molecular weight excluding hydrogens is 901 g/mol. The van der Waals surface area contributed by atoms with Gasteiger partial charge in [-0.2, -0.15) is 0 Å². The lowest BCUT2D eigenvalue weighted by Gasteiger charge is -2.18. The van der Waals surface area contributed by atoms with E-state index in [0.29, 0.717) is 19.3 Å². The highest BCUT2D eigenvalue weighted by molar-refractivity contribution is 5.71. The van der Waals surface area contributed by atoms with Crippen LogP contribution < -0.4 is 0 Å². The van der Waals surface area contributed by atoms with E-state index in [4.69, 9.17) is 14.2 Å². The number of hydrogen-bond donors (Lipinski definition) is 0. The molecule has 0 aromatic carbocycles. The van der Waals surface area contributed by atoms with E-state index in [0.717, 1.165) is 89.9 Å². The van der Waals surface area contributed by atoms with Gasteiger partial charge in [-0.3, -0.25) is 14.4 Å². The van der Waals surface area contributed by atoms with E-state index in [1.54, 1.807) is 0 Å². The normalized spacial score (nSPS) is 13.2. The fraction of sp³-hybridized carbons (Fsp3) is 0.597. The second kappa shape index (κ2) is 59.8. The van der Waals surface area contributed by atoms with Gasteiger partial charge in [-0.05, 0) is 128 Å². The molecule has 0 aliphatic carbocycles. The Morgan fingerprint density at radius 1 is 0.288 bits per heavy atom. The van der Waals surface area contributed by atoms with Crippen molar-refractivity contribution in [3.05, 3.63) is 146 Å². The molecule has 0 aromatic heterocycles. The molecule has 73 heavy (non-hydrogen) atoms. The summed E-state index contributed by atoms with van der Waals surface area (Å²) < 4.78 is 16.7. The molecule has 0 saturated heterocycles. The summed E-state index contributed by atoms with van der Waals surface area (Å²) >= 11 is 0. The summed E-state index contributed by atoms with van der Waals surface area (Å²) in [5.41, 5.74) is 0. The number of ether oxygens (including phenoxy) is 3. The van der Waals surface area contributed by atoms with Crippen molar-refractivity contribution in [1.82, 2.24) is 0 Å². The second-order valence-electron chi connectivity index (χ2n) is 18.8. The number of esters is 3. The van der Waals surface area contributed by atoms with Crippen LogP contribution in [-0.4, -0.2) is 37.2 Å². The van der Waals surface area contributed by atoms with Gasteiger partial charge in [0.1, 0.15) is 13.2 Å². The van der Waals surface area contributed by atoms with Crippen molar-refractivity contribution in [2.24, 2.45) is 0 Å². The molecule has 410 valence electrons. The van der Waals surface area contributed by atoms with Gasteiger partial charge >= 0.3 is 17.9 Å². The van der Waals surface area contributed by atoms with Crippen LogP contribution in [0.2, 0.25) is 0 Å². The summed E-state index contributed by atoms with van der Waals surface area (Å²) in [5, 5.41) is 0. The lowest BCUT2D eigenvalue weighted by atomic mass is 10.1. The molecule has 0 heterocycles. The van der Waals surface area contributed by atoms with E-state index in [2.05, 4.69) is 154 Å². The van der Waals surface area contributed by atoms with Gasteiger partial charge in [0.25, 0.3) is 0 Å². The summed E-state index contributed by atoms with van der Waals surface area (Å²) in [7, 11) is 0. The van der Waals surface area contributed by atoms with Gasteiger partial charge in [0.05, 0.1) is 0 Å². The summed E-state index contributed by atoms with van der Waals surface area (Å²) in [5.74, 6) is -1.09. The number of allylic oxidation sites excluding steroid dienone is 24. The van der Waals surface area contributed by atoms with Gasteiger partial charge < -0.3 is 14.2 Å². The zero-order valence-electron chi connectivity index (χ0n) is 46.8. The van der Waals surface area contributed by atoms with Crippen molar-refractivity contribution in [2.75, 3.05) is 13.2 Å². The highest BCUT2D eigenvalue weighted by atomic mass is 16.6. The van der Waals surface area contributed by atoms with Crippen LogP contribution in [0.5, 0.6) is 0 Å². The van der Waals surface area contributed by atoms with Crippen LogP contribution in [0.1, 0.15) is 239 Å². The predicted octanol–water partition coefficient (Wildman–Crippen LogP) is 20.0. The first-order valence-corrected chi connectivity index (χ1v) is 29.3. The molecule has 6 nitrogen and oxygen atoms in total. The van der Waals surface area contributed by atoms with Crippen molar-refractivity contribution in [2.45, 2.75) is 245 Å². The van der Waals surface area contributed by atoms with Gasteiger partial charge in [0, 0.05) is 19.3 Å². The van der Waals surface area contributed by atoms with Gasteiger partial charge in [0.2, 0.25) is 0 Å². The second-order valence-corrected chi connectivity index (χ2v) is 18.8. The highest BCUT2D eigenvalue weighted by Crippen LogP contribution is 2.13. The molecule has 0 spiro atoms. The van der Waals surface area contributed by atoms with Gasteiger partial charge in [-0.25, -0.2) is 0 Å². The molecule has 0 aliphatic heterocycles. The first kappa shape index (κ1) is 68.3. The Bertz CT molecular complexity index is 1630. The minimum absolute atomic E-state index is 0.131. The predicted molar refractivity (Wildman–Crippen MR) is 315 cm³/mol. The Labute approximate surface area is 448 Å². The summed E-state index contributed by atoms with van der Waals surface area (Å²) in [6, 6.07) is 0. The monoisotopic (exact) mass is 1010 g/mol. The average Bonchev–Trinajstić information content (AvgIpc) is 3.39. The van der Waals surface area contributed by atoms with Crippen LogP contribution in [0.15, 0.2) is 146 Å². The molecule has 1 unspecified atom stereocenters. The van der Waals surface area contributed by atoms with Crippen molar-refractivity contribution in [3.63, 3.8) is 0 Å². The lowest BCUT2D eigenvalue weighted by molar-refractivity contribution is -0.166. The molecule has 0 fully saturated rings. The Hall–Kier alpha value is -4.71. The molecule has 0 radical (unpaired) electrons.